The monoisotopic (exact) mass is 419 g/mol. The molecule has 0 aromatic heterocycles. The van der Waals surface area contributed by atoms with Crippen molar-refractivity contribution >= 4 is 23.6 Å². The molecule has 2 aromatic rings. The van der Waals surface area contributed by atoms with Crippen molar-refractivity contribution in [3.8, 4) is 0 Å². The number of aryl methyl sites for hydroxylation is 1. The minimum absolute atomic E-state index is 0.0180. The van der Waals surface area contributed by atoms with Crippen molar-refractivity contribution in [3.05, 3.63) is 70.8 Å². The Labute approximate surface area is 181 Å². The topological polar surface area (TPSA) is 86.8 Å². The van der Waals surface area contributed by atoms with Gasteiger partial charge in [-0.05, 0) is 43.5 Å². The molecule has 160 valence electrons. The number of hydrogen-bond acceptors (Lipinski definition) is 4. The second kappa shape index (κ2) is 8.71. The predicted molar refractivity (Wildman–Crippen MR) is 115 cm³/mol. The van der Waals surface area contributed by atoms with Gasteiger partial charge in [-0.2, -0.15) is 0 Å². The van der Waals surface area contributed by atoms with Crippen LogP contribution in [0.2, 0.25) is 0 Å². The molecule has 2 aromatic carbocycles. The Morgan fingerprint density at radius 1 is 0.935 bits per heavy atom. The van der Waals surface area contributed by atoms with E-state index in [-0.39, 0.29) is 42.6 Å². The van der Waals surface area contributed by atoms with Crippen LogP contribution in [0.3, 0.4) is 0 Å². The summed E-state index contributed by atoms with van der Waals surface area (Å²) in [6.45, 7) is 3.14. The number of amides is 4. The molecule has 7 heteroatoms. The number of piperidine rings is 1. The minimum atomic E-state index is -0.351. The number of fused-ring (bicyclic) bond motifs is 1. The van der Waals surface area contributed by atoms with Crippen molar-refractivity contribution in [1.82, 2.24) is 15.1 Å². The van der Waals surface area contributed by atoms with E-state index >= 15 is 0 Å². The Bertz CT molecular complexity index is 1010. The van der Waals surface area contributed by atoms with E-state index in [4.69, 9.17) is 0 Å². The summed E-state index contributed by atoms with van der Waals surface area (Å²) in [6, 6.07) is 14.2. The number of rotatable bonds is 5. The molecule has 0 aliphatic carbocycles. The highest BCUT2D eigenvalue weighted by atomic mass is 16.2. The van der Waals surface area contributed by atoms with Gasteiger partial charge in [0.25, 0.3) is 17.7 Å². The van der Waals surface area contributed by atoms with Gasteiger partial charge in [0, 0.05) is 37.7 Å². The van der Waals surface area contributed by atoms with E-state index in [0.717, 1.165) is 10.5 Å². The van der Waals surface area contributed by atoms with Gasteiger partial charge >= 0.3 is 0 Å². The van der Waals surface area contributed by atoms with Crippen LogP contribution in [0.25, 0.3) is 0 Å². The van der Waals surface area contributed by atoms with Gasteiger partial charge in [-0.25, -0.2) is 0 Å². The van der Waals surface area contributed by atoms with Crippen molar-refractivity contribution in [2.75, 3.05) is 19.6 Å². The van der Waals surface area contributed by atoms with Crippen LogP contribution in [-0.4, -0.2) is 59.1 Å². The van der Waals surface area contributed by atoms with E-state index in [9.17, 15) is 19.2 Å². The molecular weight excluding hydrogens is 394 g/mol. The lowest BCUT2D eigenvalue weighted by molar-refractivity contribution is -0.122. The first kappa shape index (κ1) is 20.8. The van der Waals surface area contributed by atoms with E-state index in [1.807, 2.05) is 36.1 Å². The third-order valence-electron chi connectivity index (χ3n) is 5.96. The van der Waals surface area contributed by atoms with E-state index < -0.39 is 0 Å². The summed E-state index contributed by atoms with van der Waals surface area (Å²) in [5.41, 5.74) is 2.44. The van der Waals surface area contributed by atoms with Gasteiger partial charge in [0.15, 0.2) is 0 Å². The van der Waals surface area contributed by atoms with Gasteiger partial charge in [0.2, 0.25) is 5.91 Å². The molecule has 2 aliphatic rings. The number of imide groups is 1. The summed E-state index contributed by atoms with van der Waals surface area (Å²) in [5, 5.41) is 2.98. The Balaban J connectivity index is 1.25. The van der Waals surface area contributed by atoms with Gasteiger partial charge in [-0.3, -0.25) is 24.1 Å². The average Bonchev–Trinajstić information content (AvgIpc) is 3.03. The number of hydrogen-bond donors (Lipinski definition) is 1. The highest BCUT2D eigenvalue weighted by Gasteiger charge is 2.35. The van der Waals surface area contributed by atoms with Crippen LogP contribution in [0.5, 0.6) is 0 Å². The van der Waals surface area contributed by atoms with Crippen LogP contribution >= 0.6 is 0 Å². The predicted octanol–water partition coefficient (Wildman–Crippen LogP) is 2.40. The van der Waals surface area contributed by atoms with Crippen molar-refractivity contribution in [2.24, 2.45) is 0 Å². The molecule has 7 nitrogen and oxygen atoms in total. The number of nitrogens with one attached hydrogen (secondary N) is 1. The lowest BCUT2D eigenvalue weighted by atomic mass is 10.0. The molecule has 1 N–H and O–H groups in total. The van der Waals surface area contributed by atoms with Crippen LogP contribution in [0.15, 0.2) is 48.5 Å². The first-order chi connectivity index (χ1) is 15.0. The standard InChI is InChI=1S/C24H25N3O4/c1-16-6-2-3-7-18(16)22(29)26-13-10-17(11-14-26)25-21(28)12-15-27-23(30)19-8-4-5-9-20(19)24(27)31/h2-9,17H,10-15H2,1H3,(H,25,28). The molecule has 1 saturated heterocycles. The van der Waals surface area contributed by atoms with E-state index in [1.165, 1.54) is 0 Å². The number of carbonyl (C=O) groups is 4. The van der Waals surface area contributed by atoms with Crippen LogP contribution < -0.4 is 5.32 Å². The molecule has 0 saturated carbocycles. The Kier molecular flexibility index (Phi) is 5.84. The number of nitrogens with zero attached hydrogens (tertiary/aromatic N) is 2. The maximum absolute atomic E-state index is 12.7. The van der Waals surface area contributed by atoms with Crippen LogP contribution in [0, 0.1) is 6.92 Å². The fraction of sp³-hybridized carbons (Fsp3) is 0.333. The van der Waals surface area contributed by atoms with Gasteiger partial charge in [0.05, 0.1) is 11.1 Å². The summed E-state index contributed by atoms with van der Waals surface area (Å²) in [5.74, 6) is -0.874. The fourth-order valence-electron chi connectivity index (χ4n) is 4.17. The normalized spacial score (nSPS) is 16.4. The molecule has 31 heavy (non-hydrogen) atoms. The number of carbonyl (C=O) groups excluding carboxylic acids is 4. The number of likely N-dealkylation sites (tertiary alicyclic amines) is 1. The molecule has 0 atom stereocenters. The van der Waals surface area contributed by atoms with Crippen molar-refractivity contribution < 1.29 is 19.2 Å². The first-order valence-electron chi connectivity index (χ1n) is 10.5. The molecule has 4 rings (SSSR count). The summed E-state index contributed by atoms with van der Waals surface area (Å²) >= 11 is 0. The molecule has 2 aliphatic heterocycles. The quantitative estimate of drug-likeness (QED) is 0.754. The first-order valence-corrected chi connectivity index (χ1v) is 10.5. The van der Waals surface area contributed by atoms with Gasteiger partial charge in [-0.15, -0.1) is 0 Å². The SMILES string of the molecule is Cc1ccccc1C(=O)N1CCC(NC(=O)CCN2C(=O)c3ccccc3C2=O)CC1. The Morgan fingerprint density at radius 3 is 2.13 bits per heavy atom. The van der Waals surface area contributed by atoms with Gasteiger partial charge in [0.1, 0.15) is 0 Å². The van der Waals surface area contributed by atoms with Crippen LogP contribution in [-0.2, 0) is 4.79 Å². The average molecular weight is 419 g/mol. The summed E-state index contributed by atoms with van der Waals surface area (Å²) < 4.78 is 0. The lowest BCUT2D eigenvalue weighted by Crippen LogP contribution is -2.47. The Morgan fingerprint density at radius 2 is 1.52 bits per heavy atom. The largest absolute Gasteiger partial charge is 0.353 e. The van der Waals surface area contributed by atoms with Crippen molar-refractivity contribution in [2.45, 2.75) is 32.2 Å². The fourth-order valence-corrected chi connectivity index (χ4v) is 4.17. The second-order valence-electron chi connectivity index (χ2n) is 8.01. The van der Waals surface area contributed by atoms with Gasteiger partial charge in [-0.1, -0.05) is 30.3 Å². The third kappa shape index (κ3) is 4.21. The zero-order chi connectivity index (χ0) is 22.0. The smallest absolute Gasteiger partial charge is 0.261 e. The van der Waals surface area contributed by atoms with Crippen molar-refractivity contribution in [1.29, 1.82) is 0 Å². The summed E-state index contributed by atoms with van der Waals surface area (Å²) in [4.78, 5) is 52.8. The van der Waals surface area contributed by atoms with E-state index in [0.29, 0.717) is 42.6 Å². The second-order valence-corrected chi connectivity index (χ2v) is 8.01. The highest BCUT2D eigenvalue weighted by Crippen LogP contribution is 2.22. The maximum atomic E-state index is 12.7. The zero-order valence-corrected chi connectivity index (χ0v) is 17.5. The zero-order valence-electron chi connectivity index (χ0n) is 17.5. The molecule has 0 unspecified atom stereocenters. The Hall–Kier alpha value is -3.48. The molecular formula is C24H25N3O4. The third-order valence-corrected chi connectivity index (χ3v) is 5.96. The minimum Gasteiger partial charge on any atom is -0.353 e. The molecule has 0 bridgehead atoms. The van der Waals surface area contributed by atoms with E-state index in [2.05, 4.69) is 5.32 Å². The highest BCUT2D eigenvalue weighted by molar-refractivity contribution is 6.21. The number of benzene rings is 2. The molecule has 0 spiro atoms. The molecule has 4 amide bonds. The molecule has 0 radical (unpaired) electrons. The van der Waals surface area contributed by atoms with E-state index in [1.54, 1.807) is 24.3 Å². The van der Waals surface area contributed by atoms with Crippen molar-refractivity contribution in [3.63, 3.8) is 0 Å². The van der Waals surface area contributed by atoms with Gasteiger partial charge < -0.3 is 10.2 Å². The van der Waals surface area contributed by atoms with Crippen LogP contribution in [0.4, 0.5) is 0 Å². The lowest BCUT2D eigenvalue weighted by Gasteiger charge is -2.32. The summed E-state index contributed by atoms with van der Waals surface area (Å²) in [7, 11) is 0. The molecule has 2 heterocycles. The maximum Gasteiger partial charge on any atom is 0.261 e. The summed E-state index contributed by atoms with van der Waals surface area (Å²) in [6.07, 6.45) is 1.42. The van der Waals surface area contributed by atoms with Crippen LogP contribution in [0.1, 0.15) is 55.9 Å². The molecule has 1 fully saturated rings.